The van der Waals surface area contributed by atoms with Crippen LogP contribution in [-0.2, 0) is 5.33 Å². The number of aromatic nitrogens is 1. The van der Waals surface area contributed by atoms with Crippen LogP contribution in [0, 0.1) is 0 Å². The maximum absolute atomic E-state index is 12.0. The minimum Gasteiger partial charge on any atom is -0.400 e. The van der Waals surface area contributed by atoms with E-state index in [4.69, 9.17) is 0 Å². The molecule has 1 heterocycles. The Kier molecular flexibility index (Phi) is 3.74. The first kappa shape index (κ1) is 12.8. The zero-order valence-electron chi connectivity index (χ0n) is 7.60. The summed E-state index contributed by atoms with van der Waals surface area (Å²) in [6.07, 6.45) is -3.63. The first-order valence-corrected chi connectivity index (χ1v) is 5.02. The van der Waals surface area contributed by atoms with E-state index in [2.05, 4.69) is 20.7 Å². The van der Waals surface area contributed by atoms with Crippen LogP contribution in [0.1, 0.15) is 15.9 Å². The molecule has 1 rings (SSSR count). The van der Waals surface area contributed by atoms with Gasteiger partial charge in [-0.1, -0.05) is 15.9 Å². The van der Waals surface area contributed by atoms with E-state index in [1.54, 1.807) is 0 Å². The number of H-pyrrole nitrogens is 1. The molecule has 0 unspecified atom stereocenters. The largest absolute Gasteiger partial charge is 0.573 e. The summed E-state index contributed by atoms with van der Waals surface area (Å²) in [6, 6.07) is 0. The summed E-state index contributed by atoms with van der Waals surface area (Å²) in [6.45, 7) is 0. The van der Waals surface area contributed by atoms with Crippen LogP contribution >= 0.6 is 15.9 Å². The Bertz CT molecular complexity index is 455. The topological polar surface area (TPSA) is 59.2 Å². The molecule has 0 aliphatic carbocycles. The van der Waals surface area contributed by atoms with Gasteiger partial charge in [0.05, 0.1) is 0 Å². The van der Waals surface area contributed by atoms with Crippen molar-refractivity contribution < 1.29 is 22.7 Å². The van der Waals surface area contributed by atoms with Crippen molar-refractivity contribution >= 4 is 22.2 Å². The molecule has 88 valence electrons. The summed E-state index contributed by atoms with van der Waals surface area (Å²) in [5, 5.41) is -0.101. The van der Waals surface area contributed by atoms with Gasteiger partial charge in [0.25, 0.3) is 5.56 Å². The third-order valence-corrected chi connectivity index (χ3v) is 2.23. The first-order chi connectivity index (χ1) is 7.39. The number of nitrogens with one attached hydrogen (secondary N) is 1. The molecule has 1 N–H and O–H groups in total. The van der Waals surface area contributed by atoms with Gasteiger partial charge in [0.2, 0.25) is 0 Å². The molecule has 0 aliphatic rings. The molecule has 0 saturated heterocycles. The molecule has 0 atom stereocenters. The predicted octanol–water partition coefficient (Wildman–Crippen LogP) is 1.98. The molecule has 0 spiro atoms. The zero-order valence-corrected chi connectivity index (χ0v) is 9.18. The number of carbonyl (C=O) groups excluding carboxylic acids is 1. The van der Waals surface area contributed by atoms with Gasteiger partial charge in [-0.2, -0.15) is 0 Å². The highest BCUT2D eigenvalue weighted by Crippen LogP contribution is 2.25. The highest BCUT2D eigenvalue weighted by Gasteiger charge is 2.33. The number of hydrogen-bond acceptors (Lipinski definition) is 3. The Morgan fingerprint density at radius 1 is 1.50 bits per heavy atom. The maximum atomic E-state index is 12.0. The molecule has 0 amide bonds. The summed E-state index contributed by atoms with van der Waals surface area (Å²) >= 11 is 2.88. The van der Waals surface area contributed by atoms with Gasteiger partial charge in [0.1, 0.15) is 0 Å². The van der Waals surface area contributed by atoms with Crippen LogP contribution in [0.4, 0.5) is 13.2 Å². The van der Waals surface area contributed by atoms with E-state index in [0.717, 1.165) is 6.20 Å². The molecular weight excluding hydrogens is 295 g/mol. The standard InChI is InChI=1S/C8H5BrF3NO3/c9-1-5-4(3-14)2-13-7(15)6(5)16-8(10,11)12/h2-3H,1H2,(H,13,15). The van der Waals surface area contributed by atoms with E-state index in [0.29, 0.717) is 6.29 Å². The molecule has 1 aromatic heterocycles. The lowest BCUT2D eigenvalue weighted by atomic mass is 10.1. The second kappa shape index (κ2) is 4.69. The SMILES string of the molecule is O=Cc1c[nH]c(=O)c(OC(F)(F)F)c1CBr. The lowest BCUT2D eigenvalue weighted by Crippen LogP contribution is -2.24. The fourth-order valence-electron chi connectivity index (χ4n) is 1.03. The van der Waals surface area contributed by atoms with Gasteiger partial charge in [0.15, 0.2) is 12.0 Å². The van der Waals surface area contributed by atoms with Gasteiger partial charge < -0.3 is 9.72 Å². The number of ether oxygens (including phenoxy) is 1. The maximum Gasteiger partial charge on any atom is 0.573 e. The van der Waals surface area contributed by atoms with Crippen molar-refractivity contribution in [2.75, 3.05) is 0 Å². The van der Waals surface area contributed by atoms with E-state index in [1.165, 1.54) is 0 Å². The smallest absolute Gasteiger partial charge is 0.400 e. The van der Waals surface area contributed by atoms with Crippen LogP contribution in [0.2, 0.25) is 0 Å². The fraction of sp³-hybridized carbons (Fsp3) is 0.250. The van der Waals surface area contributed by atoms with Gasteiger partial charge in [0, 0.05) is 22.7 Å². The third-order valence-electron chi connectivity index (χ3n) is 1.67. The van der Waals surface area contributed by atoms with Crippen molar-refractivity contribution in [3.63, 3.8) is 0 Å². The molecule has 0 bridgehead atoms. The molecule has 0 saturated carbocycles. The van der Waals surface area contributed by atoms with Crippen molar-refractivity contribution in [3.05, 3.63) is 27.7 Å². The second-order valence-corrected chi connectivity index (χ2v) is 3.24. The van der Waals surface area contributed by atoms with Crippen LogP contribution < -0.4 is 10.3 Å². The summed E-state index contributed by atoms with van der Waals surface area (Å²) in [7, 11) is 0. The first-order valence-electron chi connectivity index (χ1n) is 3.90. The number of aldehydes is 1. The van der Waals surface area contributed by atoms with Crippen molar-refractivity contribution in [2.45, 2.75) is 11.7 Å². The average Bonchev–Trinajstić information content (AvgIpc) is 2.19. The van der Waals surface area contributed by atoms with Gasteiger partial charge in [-0.05, 0) is 0 Å². The number of aromatic amines is 1. The number of carbonyl (C=O) groups is 1. The molecule has 0 fully saturated rings. The summed E-state index contributed by atoms with van der Waals surface area (Å²) in [4.78, 5) is 23.6. The molecular formula is C8H5BrF3NO3. The highest BCUT2D eigenvalue weighted by molar-refractivity contribution is 9.08. The van der Waals surface area contributed by atoms with E-state index in [-0.39, 0.29) is 16.5 Å². The second-order valence-electron chi connectivity index (χ2n) is 2.68. The minimum absolute atomic E-state index is 0.0734. The normalized spacial score (nSPS) is 11.2. The van der Waals surface area contributed by atoms with Crippen LogP contribution in [0.15, 0.2) is 11.0 Å². The number of pyridine rings is 1. The highest BCUT2D eigenvalue weighted by atomic mass is 79.9. The number of hydrogen-bond donors (Lipinski definition) is 1. The Morgan fingerprint density at radius 3 is 2.56 bits per heavy atom. The van der Waals surface area contributed by atoms with Gasteiger partial charge in [-0.15, -0.1) is 13.2 Å². The fourth-order valence-corrected chi connectivity index (χ4v) is 1.61. The Balaban J connectivity index is 3.35. The van der Waals surface area contributed by atoms with Crippen molar-refractivity contribution in [1.29, 1.82) is 0 Å². The quantitative estimate of drug-likeness (QED) is 0.686. The Hall–Kier alpha value is -1.31. The molecule has 1 aromatic rings. The van der Waals surface area contributed by atoms with Crippen LogP contribution in [0.5, 0.6) is 5.75 Å². The van der Waals surface area contributed by atoms with E-state index in [9.17, 15) is 22.8 Å². The van der Waals surface area contributed by atoms with Gasteiger partial charge in [-0.25, -0.2) is 0 Å². The summed E-state index contributed by atoms with van der Waals surface area (Å²) < 4.78 is 39.5. The van der Waals surface area contributed by atoms with E-state index >= 15 is 0 Å². The summed E-state index contributed by atoms with van der Waals surface area (Å²) in [5.74, 6) is -0.922. The molecule has 0 aromatic carbocycles. The number of rotatable bonds is 3. The van der Waals surface area contributed by atoms with E-state index in [1.807, 2.05) is 4.98 Å². The van der Waals surface area contributed by atoms with Gasteiger partial charge >= 0.3 is 6.36 Å². The monoisotopic (exact) mass is 299 g/mol. The van der Waals surface area contributed by atoms with Crippen molar-refractivity contribution in [3.8, 4) is 5.75 Å². The molecule has 0 radical (unpaired) electrons. The lowest BCUT2D eigenvalue weighted by Gasteiger charge is -2.11. The zero-order chi connectivity index (χ0) is 12.3. The third kappa shape index (κ3) is 2.84. The molecule has 4 nitrogen and oxygen atoms in total. The molecule has 0 aliphatic heterocycles. The minimum atomic E-state index is -4.98. The molecule has 16 heavy (non-hydrogen) atoms. The molecule has 8 heteroatoms. The van der Waals surface area contributed by atoms with Crippen LogP contribution in [-0.4, -0.2) is 17.6 Å². The van der Waals surface area contributed by atoms with Crippen LogP contribution in [0.3, 0.4) is 0 Å². The predicted molar refractivity (Wildman–Crippen MR) is 51.8 cm³/mol. The summed E-state index contributed by atoms with van der Waals surface area (Å²) in [5.41, 5.74) is -1.26. The number of halogens is 4. The van der Waals surface area contributed by atoms with Crippen molar-refractivity contribution in [1.82, 2.24) is 4.98 Å². The van der Waals surface area contributed by atoms with E-state index < -0.39 is 17.7 Å². The van der Waals surface area contributed by atoms with Crippen LogP contribution in [0.25, 0.3) is 0 Å². The van der Waals surface area contributed by atoms with Crippen molar-refractivity contribution in [2.24, 2.45) is 0 Å². The Morgan fingerprint density at radius 2 is 2.12 bits per heavy atom. The Labute approximate surface area is 95.5 Å². The van der Waals surface area contributed by atoms with Gasteiger partial charge in [-0.3, -0.25) is 9.59 Å². The lowest BCUT2D eigenvalue weighted by molar-refractivity contribution is -0.275. The average molecular weight is 300 g/mol. The number of alkyl halides is 4.